The van der Waals surface area contributed by atoms with E-state index in [-0.39, 0.29) is 17.5 Å². The average Bonchev–Trinajstić information content (AvgIpc) is 3.01. The zero-order chi connectivity index (χ0) is 18.5. The third-order valence-corrected chi connectivity index (χ3v) is 4.84. The van der Waals surface area contributed by atoms with Crippen molar-refractivity contribution in [1.82, 2.24) is 24.6 Å². The summed E-state index contributed by atoms with van der Waals surface area (Å²) in [7, 11) is 3.56. The van der Waals surface area contributed by atoms with E-state index in [0.29, 0.717) is 11.7 Å². The molecule has 134 valence electrons. The van der Waals surface area contributed by atoms with E-state index in [0.717, 1.165) is 17.0 Å². The summed E-state index contributed by atoms with van der Waals surface area (Å²) in [6, 6.07) is 9.96. The molecular weight excluding hydrogens is 353 g/mol. The Morgan fingerprint density at radius 1 is 1.23 bits per heavy atom. The number of benzene rings is 1. The van der Waals surface area contributed by atoms with Crippen LogP contribution in [0.5, 0.6) is 0 Å². The van der Waals surface area contributed by atoms with Gasteiger partial charge in [-0.3, -0.25) is 9.78 Å². The molecule has 0 N–H and O–H groups in total. The topological polar surface area (TPSA) is 63.9 Å². The molecule has 0 radical (unpaired) electrons. The van der Waals surface area contributed by atoms with Crippen molar-refractivity contribution < 1.29 is 9.18 Å². The predicted octanol–water partition coefficient (Wildman–Crippen LogP) is 2.77. The zero-order valence-electron chi connectivity index (χ0n) is 14.5. The Kier molecular flexibility index (Phi) is 5.62. The largest absolute Gasteiger partial charge is 0.341 e. The molecule has 0 atom stereocenters. The van der Waals surface area contributed by atoms with Crippen LogP contribution in [0.3, 0.4) is 0 Å². The number of carbonyl (C=O) groups is 1. The molecule has 1 aromatic carbocycles. The lowest BCUT2D eigenvalue weighted by Gasteiger charge is -2.17. The van der Waals surface area contributed by atoms with E-state index in [9.17, 15) is 9.18 Å². The molecule has 3 rings (SSSR count). The van der Waals surface area contributed by atoms with Gasteiger partial charge in [0, 0.05) is 38.6 Å². The van der Waals surface area contributed by atoms with E-state index >= 15 is 0 Å². The van der Waals surface area contributed by atoms with Gasteiger partial charge in [0.1, 0.15) is 5.82 Å². The molecule has 0 aliphatic carbocycles. The summed E-state index contributed by atoms with van der Waals surface area (Å²) in [5, 5.41) is 8.99. The number of carbonyl (C=O) groups excluding carboxylic acids is 1. The normalized spacial score (nSPS) is 10.7. The molecule has 0 fully saturated rings. The van der Waals surface area contributed by atoms with E-state index in [1.165, 1.54) is 23.9 Å². The van der Waals surface area contributed by atoms with Crippen molar-refractivity contribution in [1.29, 1.82) is 0 Å². The quantitative estimate of drug-likeness (QED) is 0.624. The SMILES string of the molecule is CN(Cc1cccc(F)c1)C(=O)CSc1nnc(-c2ccncc2)n1C. The maximum Gasteiger partial charge on any atom is 0.233 e. The van der Waals surface area contributed by atoms with Crippen LogP contribution < -0.4 is 0 Å². The third-order valence-electron chi connectivity index (χ3n) is 3.83. The first-order chi connectivity index (χ1) is 12.5. The van der Waals surface area contributed by atoms with Gasteiger partial charge in [-0.05, 0) is 29.8 Å². The second-order valence-corrected chi connectivity index (χ2v) is 6.71. The van der Waals surface area contributed by atoms with Crippen molar-refractivity contribution in [2.24, 2.45) is 7.05 Å². The predicted molar refractivity (Wildman–Crippen MR) is 97.8 cm³/mol. The minimum atomic E-state index is -0.305. The second-order valence-electron chi connectivity index (χ2n) is 5.77. The molecule has 0 aliphatic rings. The van der Waals surface area contributed by atoms with Crippen molar-refractivity contribution in [3.05, 3.63) is 60.2 Å². The fourth-order valence-corrected chi connectivity index (χ4v) is 3.28. The lowest BCUT2D eigenvalue weighted by molar-refractivity contribution is -0.127. The van der Waals surface area contributed by atoms with Gasteiger partial charge in [0.05, 0.1) is 5.75 Å². The molecule has 0 bridgehead atoms. The number of halogens is 1. The zero-order valence-corrected chi connectivity index (χ0v) is 15.3. The maximum absolute atomic E-state index is 13.2. The van der Waals surface area contributed by atoms with Gasteiger partial charge in [0.2, 0.25) is 5.91 Å². The Labute approximate surface area is 155 Å². The first-order valence-corrected chi connectivity index (χ1v) is 8.94. The van der Waals surface area contributed by atoms with Gasteiger partial charge in [-0.2, -0.15) is 0 Å². The molecule has 26 heavy (non-hydrogen) atoms. The molecule has 8 heteroatoms. The summed E-state index contributed by atoms with van der Waals surface area (Å²) in [5.41, 5.74) is 1.67. The molecule has 0 saturated carbocycles. The number of aromatic nitrogens is 4. The summed E-state index contributed by atoms with van der Waals surface area (Å²) < 4.78 is 15.1. The van der Waals surface area contributed by atoms with E-state index in [1.807, 2.05) is 23.7 Å². The van der Waals surface area contributed by atoms with Crippen molar-refractivity contribution in [2.75, 3.05) is 12.8 Å². The van der Waals surface area contributed by atoms with Gasteiger partial charge in [0.15, 0.2) is 11.0 Å². The number of pyridine rings is 1. The Morgan fingerprint density at radius 3 is 2.73 bits per heavy atom. The van der Waals surface area contributed by atoms with Crippen LogP contribution in [0.25, 0.3) is 11.4 Å². The summed E-state index contributed by atoms with van der Waals surface area (Å²) in [5.74, 6) is 0.581. The third kappa shape index (κ3) is 4.26. The molecule has 1 amide bonds. The highest BCUT2D eigenvalue weighted by Gasteiger charge is 2.15. The Bertz CT molecular complexity index is 900. The lowest BCUT2D eigenvalue weighted by Crippen LogP contribution is -2.27. The van der Waals surface area contributed by atoms with E-state index in [4.69, 9.17) is 0 Å². The van der Waals surface area contributed by atoms with Crippen LogP contribution in [0.15, 0.2) is 53.9 Å². The van der Waals surface area contributed by atoms with Gasteiger partial charge >= 0.3 is 0 Å². The average molecular weight is 371 g/mol. The first-order valence-electron chi connectivity index (χ1n) is 7.95. The molecule has 0 aliphatic heterocycles. The summed E-state index contributed by atoms with van der Waals surface area (Å²) in [4.78, 5) is 17.9. The van der Waals surface area contributed by atoms with E-state index < -0.39 is 0 Å². The fourth-order valence-electron chi connectivity index (χ4n) is 2.43. The highest BCUT2D eigenvalue weighted by Crippen LogP contribution is 2.22. The molecule has 0 saturated heterocycles. The van der Waals surface area contributed by atoms with Crippen LogP contribution in [-0.2, 0) is 18.4 Å². The summed E-state index contributed by atoms with van der Waals surface area (Å²) >= 11 is 1.32. The number of rotatable bonds is 6. The van der Waals surface area contributed by atoms with Crippen LogP contribution in [-0.4, -0.2) is 43.4 Å². The molecule has 3 aromatic rings. The maximum atomic E-state index is 13.2. The number of amides is 1. The summed E-state index contributed by atoms with van der Waals surface area (Å²) in [6.07, 6.45) is 3.39. The van der Waals surface area contributed by atoms with Crippen molar-refractivity contribution in [3.8, 4) is 11.4 Å². The highest BCUT2D eigenvalue weighted by atomic mass is 32.2. The van der Waals surface area contributed by atoms with Crippen molar-refractivity contribution in [3.63, 3.8) is 0 Å². The number of hydrogen-bond acceptors (Lipinski definition) is 5. The van der Waals surface area contributed by atoms with Crippen molar-refractivity contribution in [2.45, 2.75) is 11.7 Å². The first kappa shape index (κ1) is 18.1. The number of nitrogens with zero attached hydrogens (tertiary/aromatic N) is 5. The van der Waals surface area contributed by atoms with Crippen molar-refractivity contribution >= 4 is 17.7 Å². The Morgan fingerprint density at radius 2 is 2.00 bits per heavy atom. The monoisotopic (exact) mass is 371 g/mol. The number of thioether (sulfide) groups is 1. The number of hydrogen-bond donors (Lipinski definition) is 0. The molecule has 0 spiro atoms. The van der Waals surface area contributed by atoms with Crippen LogP contribution >= 0.6 is 11.8 Å². The standard InChI is InChI=1S/C18H18FN5OS/c1-23(11-13-4-3-5-15(19)10-13)16(25)12-26-18-22-21-17(24(18)2)14-6-8-20-9-7-14/h3-10H,11-12H2,1-2H3. The lowest BCUT2D eigenvalue weighted by atomic mass is 10.2. The van der Waals surface area contributed by atoms with E-state index in [1.54, 1.807) is 36.5 Å². The van der Waals surface area contributed by atoms with Gasteiger partial charge in [-0.1, -0.05) is 23.9 Å². The fraction of sp³-hybridized carbons (Fsp3) is 0.222. The molecular formula is C18H18FN5OS. The van der Waals surface area contributed by atoms with Gasteiger partial charge < -0.3 is 9.47 Å². The Balaban J connectivity index is 1.60. The molecule has 2 heterocycles. The molecule has 0 unspecified atom stereocenters. The van der Waals surface area contributed by atoms with Crippen LogP contribution in [0.4, 0.5) is 4.39 Å². The van der Waals surface area contributed by atoms with Gasteiger partial charge in [-0.25, -0.2) is 4.39 Å². The molecule has 6 nitrogen and oxygen atoms in total. The minimum absolute atomic E-state index is 0.0623. The van der Waals surface area contributed by atoms with Crippen LogP contribution in [0.1, 0.15) is 5.56 Å². The Hall–Kier alpha value is -2.74. The van der Waals surface area contributed by atoms with Crippen LogP contribution in [0.2, 0.25) is 0 Å². The van der Waals surface area contributed by atoms with Gasteiger partial charge in [0.25, 0.3) is 0 Å². The van der Waals surface area contributed by atoms with E-state index in [2.05, 4.69) is 15.2 Å². The van der Waals surface area contributed by atoms with Gasteiger partial charge in [-0.15, -0.1) is 10.2 Å². The second kappa shape index (κ2) is 8.09. The summed E-state index contributed by atoms with van der Waals surface area (Å²) in [6.45, 7) is 0.359. The highest BCUT2D eigenvalue weighted by molar-refractivity contribution is 7.99. The smallest absolute Gasteiger partial charge is 0.233 e. The minimum Gasteiger partial charge on any atom is -0.341 e. The molecule has 2 aromatic heterocycles. The van der Waals surface area contributed by atoms with Crippen LogP contribution in [0, 0.1) is 5.82 Å².